The summed E-state index contributed by atoms with van der Waals surface area (Å²) in [6.07, 6.45) is 1.93. The first-order valence-corrected chi connectivity index (χ1v) is 7.64. The molecule has 0 aliphatic rings. The van der Waals surface area contributed by atoms with Crippen molar-refractivity contribution >= 4 is 22.7 Å². The molecule has 0 amide bonds. The minimum atomic E-state index is -0.405. The zero-order valence-corrected chi connectivity index (χ0v) is 12.9. The van der Waals surface area contributed by atoms with Crippen LogP contribution in [0.3, 0.4) is 0 Å². The average Bonchev–Trinajstić information content (AvgIpc) is 2.83. The van der Waals surface area contributed by atoms with Crippen LogP contribution in [0.2, 0.25) is 0 Å². The van der Waals surface area contributed by atoms with Gasteiger partial charge in [-0.25, -0.2) is 0 Å². The fourth-order valence-corrected chi connectivity index (χ4v) is 3.68. The minimum absolute atomic E-state index is 0.292. The molecule has 21 heavy (non-hydrogen) atoms. The van der Waals surface area contributed by atoms with Gasteiger partial charge in [-0.1, -0.05) is 36.0 Å². The molecule has 3 rings (SSSR count). The van der Waals surface area contributed by atoms with E-state index < -0.39 is 5.54 Å². The molecule has 0 radical (unpaired) electrons. The van der Waals surface area contributed by atoms with Crippen molar-refractivity contribution in [2.24, 2.45) is 5.73 Å². The van der Waals surface area contributed by atoms with Crippen molar-refractivity contribution in [2.75, 3.05) is 0 Å². The fraction of sp³-hybridized carbons (Fsp3) is 0.176. The predicted molar refractivity (Wildman–Crippen MR) is 87.7 cm³/mol. The van der Waals surface area contributed by atoms with E-state index in [0.29, 0.717) is 5.75 Å². The largest absolute Gasteiger partial charge is 0.507 e. The number of rotatable bonds is 3. The molecule has 0 atom stereocenters. The second kappa shape index (κ2) is 5.13. The summed E-state index contributed by atoms with van der Waals surface area (Å²) in [5.74, 6) is 0.292. The maximum absolute atomic E-state index is 10.1. The first kappa shape index (κ1) is 14.0. The molecule has 0 unspecified atom stereocenters. The van der Waals surface area contributed by atoms with E-state index in [9.17, 15) is 5.11 Å². The molecule has 3 nitrogen and oxygen atoms in total. The van der Waals surface area contributed by atoms with Gasteiger partial charge >= 0.3 is 0 Å². The van der Waals surface area contributed by atoms with Crippen molar-refractivity contribution in [3.63, 3.8) is 0 Å². The molecule has 0 fully saturated rings. The number of phenolic OH excluding ortho intramolecular Hbond substituents is 1. The number of aromatic hydroxyl groups is 1. The maximum Gasteiger partial charge on any atom is 0.126 e. The monoisotopic (exact) mass is 298 g/mol. The average molecular weight is 298 g/mol. The maximum atomic E-state index is 10.1. The number of aromatic nitrogens is 1. The van der Waals surface area contributed by atoms with Crippen molar-refractivity contribution < 1.29 is 5.11 Å². The third-order valence-electron chi connectivity index (χ3n) is 3.45. The summed E-state index contributed by atoms with van der Waals surface area (Å²) in [4.78, 5) is 5.30. The minimum Gasteiger partial charge on any atom is -0.507 e. The predicted octanol–water partition coefficient (Wildman–Crippen LogP) is 4.22. The molecule has 0 bridgehead atoms. The van der Waals surface area contributed by atoms with E-state index in [1.807, 2.05) is 44.3 Å². The molecule has 4 N–H and O–H groups in total. The van der Waals surface area contributed by atoms with Crippen LogP contribution in [0.15, 0.2) is 58.5 Å². The van der Waals surface area contributed by atoms with Crippen LogP contribution in [0, 0.1) is 0 Å². The third-order valence-corrected chi connectivity index (χ3v) is 4.57. The van der Waals surface area contributed by atoms with Crippen LogP contribution in [0.1, 0.15) is 19.4 Å². The van der Waals surface area contributed by atoms with Gasteiger partial charge in [-0.3, -0.25) is 0 Å². The lowest BCUT2D eigenvalue weighted by Gasteiger charge is -2.22. The molecular formula is C17H18N2OS. The van der Waals surface area contributed by atoms with Crippen molar-refractivity contribution in [2.45, 2.75) is 29.2 Å². The number of aromatic amines is 1. The van der Waals surface area contributed by atoms with Crippen molar-refractivity contribution in [3.8, 4) is 5.75 Å². The zero-order valence-electron chi connectivity index (χ0n) is 12.1. The Morgan fingerprint density at radius 3 is 2.57 bits per heavy atom. The highest BCUT2D eigenvalue weighted by Crippen LogP contribution is 2.40. The summed E-state index contributed by atoms with van der Waals surface area (Å²) >= 11 is 1.62. The SMILES string of the molecule is CC(C)(N)c1ccccc1Sc1c[nH]c2cccc(O)c12. The lowest BCUT2D eigenvalue weighted by atomic mass is 9.96. The van der Waals surface area contributed by atoms with E-state index in [4.69, 9.17) is 5.73 Å². The molecule has 1 heterocycles. The molecule has 1 aromatic heterocycles. The molecule has 0 saturated carbocycles. The Bertz CT molecular complexity index is 787. The quantitative estimate of drug-likeness (QED) is 0.678. The second-order valence-corrected chi connectivity index (χ2v) is 6.76. The van der Waals surface area contributed by atoms with Gasteiger partial charge in [-0.2, -0.15) is 0 Å². The second-order valence-electron chi connectivity index (χ2n) is 5.67. The highest BCUT2D eigenvalue weighted by Gasteiger charge is 2.19. The normalized spacial score (nSPS) is 12.0. The number of H-pyrrole nitrogens is 1. The number of fused-ring (bicyclic) bond motifs is 1. The molecule has 4 heteroatoms. The highest BCUT2D eigenvalue weighted by molar-refractivity contribution is 7.99. The van der Waals surface area contributed by atoms with Gasteiger partial charge in [0.05, 0.1) is 10.9 Å². The highest BCUT2D eigenvalue weighted by atomic mass is 32.2. The summed E-state index contributed by atoms with van der Waals surface area (Å²) in [6, 6.07) is 13.6. The van der Waals surface area contributed by atoms with Gasteiger partial charge in [0.1, 0.15) is 5.75 Å². The van der Waals surface area contributed by atoms with Crippen LogP contribution in [-0.2, 0) is 5.54 Å². The van der Waals surface area contributed by atoms with Crippen LogP contribution in [0.5, 0.6) is 5.75 Å². The fourth-order valence-electron chi connectivity index (χ4n) is 2.42. The lowest BCUT2D eigenvalue weighted by molar-refractivity contribution is 0.481. The molecular weight excluding hydrogens is 280 g/mol. The molecule has 2 aromatic carbocycles. The Morgan fingerprint density at radius 1 is 1.05 bits per heavy atom. The topological polar surface area (TPSA) is 62.0 Å². The Labute approximate surface area is 128 Å². The Kier molecular flexibility index (Phi) is 3.43. The molecule has 108 valence electrons. The van der Waals surface area contributed by atoms with Crippen LogP contribution in [-0.4, -0.2) is 10.1 Å². The van der Waals surface area contributed by atoms with Gasteiger partial charge < -0.3 is 15.8 Å². The van der Waals surface area contributed by atoms with E-state index in [0.717, 1.165) is 26.3 Å². The molecule has 0 aliphatic carbocycles. The van der Waals surface area contributed by atoms with Crippen LogP contribution in [0.4, 0.5) is 0 Å². The van der Waals surface area contributed by atoms with Gasteiger partial charge in [0.25, 0.3) is 0 Å². The Hall–Kier alpha value is -1.91. The summed E-state index contributed by atoms with van der Waals surface area (Å²) in [7, 11) is 0. The number of nitrogens with two attached hydrogens (primary N) is 1. The van der Waals surface area contributed by atoms with E-state index >= 15 is 0 Å². The third kappa shape index (κ3) is 2.64. The van der Waals surface area contributed by atoms with E-state index in [-0.39, 0.29) is 0 Å². The van der Waals surface area contributed by atoms with Gasteiger partial charge in [0, 0.05) is 21.5 Å². The van der Waals surface area contributed by atoms with E-state index in [1.165, 1.54) is 0 Å². The summed E-state index contributed by atoms with van der Waals surface area (Å²) < 4.78 is 0. The number of hydrogen-bond acceptors (Lipinski definition) is 3. The van der Waals surface area contributed by atoms with Crippen LogP contribution in [0.25, 0.3) is 10.9 Å². The standard InChI is InChI=1S/C17H18N2OS/c1-17(2,18)11-6-3-4-9-14(11)21-15-10-19-12-7-5-8-13(20)16(12)15/h3-10,19-20H,18H2,1-2H3. The first-order chi connectivity index (χ1) is 9.97. The molecule has 3 aromatic rings. The van der Waals surface area contributed by atoms with Crippen molar-refractivity contribution in [1.82, 2.24) is 4.98 Å². The Balaban J connectivity index is 2.08. The summed E-state index contributed by atoms with van der Waals surface area (Å²) in [5.41, 5.74) is 7.88. The van der Waals surface area contributed by atoms with Gasteiger partial charge in [-0.15, -0.1) is 0 Å². The smallest absolute Gasteiger partial charge is 0.126 e. The zero-order chi connectivity index (χ0) is 15.0. The van der Waals surface area contributed by atoms with Gasteiger partial charge in [-0.05, 0) is 37.6 Å². The van der Waals surface area contributed by atoms with Crippen LogP contribution >= 0.6 is 11.8 Å². The Morgan fingerprint density at radius 2 is 1.81 bits per heavy atom. The molecule has 0 saturated heterocycles. The van der Waals surface area contributed by atoms with Gasteiger partial charge in [0.2, 0.25) is 0 Å². The number of nitrogens with one attached hydrogen (secondary N) is 1. The number of hydrogen-bond donors (Lipinski definition) is 3. The van der Waals surface area contributed by atoms with Gasteiger partial charge in [0.15, 0.2) is 0 Å². The van der Waals surface area contributed by atoms with Crippen LogP contribution < -0.4 is 5.73 Å². The van der Waals surface area contributed by atoms with Crippen molar-refractivity contribution in [3.05, 3.63) is 54.2 Å². The number of benzene rings is 2. The first-order valence-electron chi connectivity index (χ1n) is 6.82. The number of phenols is 1. The van der Waals surface area contributed by atoms with Crippen molar-refractivity contribution in [1.29, 1.82) is 0 Å². The molecule has 0 aliphatic heterocycles. The van der Waals surface area contributed by atoms with E-state index in [2.05, 4.69) is 17.1 Å². The van der Waals surface area contributed by atoms with E-state index in [1.54, 1.807) is 17.8 Å². The lowest BCUT2D eigenvalue weighted by Crippen LogP contribution is -2.29. The summed E-state index contributed by atoms with van der Waals surface area (Å²) in [5, 5.41) is 10.9. The molecule has 0 spiro atoms. The summed E-state index contributed by atoms with van der Waals surface area (Å²) in [6.45, 7) is 4.00.